The van der Waals surface area contributed by atoms with Gasteiger partial charge in [-0.25, -0.2) is 4.79 Å². The van der Waals surface area contributed by atoms with E-state index in [1.54, 1.807) is 42.6 Å². The van der Waals surface area contributed by atoms with Crippen molar-refractivity contribution in [3.8, 4) is 11.8 Å². The van der Waals surface area contributed by atoms with Crippen molar-refractivity contribution >= 4 is 36.3 Å². The second-order valence-corrected chi connectivity index (χ2v) is 18.3. The number of nitrogens with one attached hydrogen (secondary N) is 2. The SMILES string of the molecule is CCOC(C)O[C@@H]1C[C@H](n2cc(C#CCNC(=O)C(F)(F)F)c(NC(=O)c3ccccc3)nc2=O)O[C@@H]1CO[Si](c1ccccc1)(c1ccccc1)C(C)(C)C. The number of anilines is 1. The highest BCUT2D eigenvalue weighted by Crippen LogP contribution is 2.38. The summed E-state index contributed by atoms with van der Waals surface area (Å²) in [5.41, 5.74) is -0.536. The van der Waals surface area contributed by atoms with Crippen LogP contribution in [0.3, 0.4) is 0 Å². The molecule has 0 saturated carbocycles. The Morgan fingerprint density at radius 1 is 0.982 bits per heavy atom. The van der Waals surface area contributed by atoms with Crippen molar-refractivity contribution in [1.82, 2.24) is 14.9 Å². The van der Waals surface area contributed by atoms with E-state index in [-0.39, 0.29) is 35.0 Å². The molecule has 2 heterocycles. The van der Waals surface area contributed by atoms with Gasteiger partial charge >= 0.3 is 17.8 Å². The third kappa shape index (κ3) is 10.00. The van der Waals surface area contributed by atoms with Crippen LogP contribution in [0, 0.1) is 11.8 Å². The second-order valence-electron chi connectivity index (χ2n) is 14.0. The minimum Gasteiger partial charge on any atom is -0.405 e. The van der Waals surface area contributed by atoms with E-state index >= 15 is 0 Å². The Morgan fingerprint density at radius 3 is 2.12 bits per heavy atom. The number of aromatic nitrogens is 2. The zero-order chi connectivity index (χ0) is 40.5. The number of alkyl halides is 3. The van der Waals surface area contributed by atoms with Gasteiger partial charge in [-0.1, -0.05) is 111 Å². The fourth-order valence-electron chi connectivity index (χ4n) is 6.65. The standard InChI is InChI=1S/C41H45F3N4O7Si/c1-6-52-28(2)54-33-25-35(55-34(33)27-53-56(40(3,4)5,31-20-12-8-13-21-31)32-22-14-9-15-23-32)48-26-30(19-16-24-45-38(50)41(42,43)44)36(47-39(48)51)46-37(49)29-17-10-7-11-18-29/h7-15,17-18,20-23,26,28,33-35H,6,24-25,27H2,1-5H3,(H,45,50)(H,46,47,49,51)/t28?,33-,34-,35-/m1/s1. The van der Waals surface area contributed by atoms with Crippen LogP contribution >= 0.6 is 0 Å². The third-order valence-electron chi connectivity index (χ3n) is 9.18. The number of nitrogens with zero attached hydrogens (tertiary/aromatic N) is 2. The molecule has 0 bridgehead atoms. The highest BCUT2D eigenvalue weighted by molar-refractivity contribution is 6.99. The van der Waals surface area contributed by atoms with Gasteiger partial charge < -0.3 is 29.3 Å². The molecule has 15 heteroatoms. The average Bonchev–Trinajstić information content (AvgIpc) is 3.56. The molecule has 1 aliphatic rings. The van der Waals surface area contributed by atoms with Crippen LogP contribution in [0.1, 0.15) is 63.2 Å². The first kappa shape index (κ1) is 42.0. The molecule has 2 amide bonds. The lowest BCUT2D eigenvalue weighted by Gasteiger charge is -2.43. The Kier molecular flexibility index (Phi) is 13.7. The van der Waals surface area contributed by atoms with E-state index in [0.29, 0.717) is 6.61 Å². The number of rotatable bonds is 13. The van der Waals surface area contributed by atoms with Gasteiger partial charge in [0.1, 0.15) is 12.3 Å². The number of hydrogen-bond acceptors (Lipinski definition) is 8. The molecule has 1 aliphatic heterocycles. The van der Waals surface area contributed by atoms with Crippen LogP contribution in [-0.4, -0.2) is 74.1 Å². The first-order valence-corrected chi connectivity index (χ1v) is 20.1. The van der Waals surface area contributed by atoms with Gasteiger partial charge in [0.15, 0.2) is 12.1 Å². The summed E-state index contributed by atoms with van der Waals surface area (Å²) in [5.74, 6) is 2.11. The molecule has 5 rings (SSSR count). The predicted molar refractivity (Wildman–Crippen MR) is 207 cm³/mol. The van der Waals surface area contributed by atoms with Crippen LogP contribution in [0.2, 0.25) is 5.04 Å². The number of halogens is 3. The molecule has 3 aromatic carbocycles. The summed E-state index contributed by atoms with van der Waals surface area (Å²) in [6.45, 7) is 9.89. The molecule has 296 valence electrons. The number of hydrogen-bond donors (Lipinski definition) is 2. The molecule has 1 fully saturated rings. The summed E-state index contributed by atoms with van der Waals surface area (Å²) in [6, 6.07) is 28.3. The van der Waals surface area contributed by atoms with Crippen molar-refractivity contribution in [3.05, 3.63) is 119 Å². The lowest BCUT2D eigenvalue weighted by molar-refractivity contribution is -0.173. The maximum Gasteiger partial charge on any atom is 0.471 e. The molecule has 4 aromatic rings. The van der Waals surface area contributed by atoms with E-state index in [9.17, 15) is 27.6 Å². The van der Waals surface area contributed by atoms with Crippen LogP contribution in [0.4, 0.5) is 19.0 Å². The molecular weight excluding hydrogens is 746 g/mol. The van der Waals surface area contributed by atoms with Gasteiger partial charge in [0.05, 0.1) is 24.8 Å². The molecule has 4 atom stereocenters. The van der Waals surface area contributed by atoms with Crippen molar-refractivity contribution in [2.24, 2.45) is 0 Å². The molecule has 1 aromatic heterocycles. The molecule has 0 aliphatic carbocycles. The van der Waals surface area contributed by atoms with Crippen molar-refractivity contribution in [1.29, 1.82) is 0 Å². The molecule has 1 saturated heterocycles. The maximum atomic E-state index is 13.7. The largest absolute Gasteiger partial charge is 0.471 e. The van der Waals surface area contributed by atoms with Gasteiger partial charge in [-0.3, -0.25) is 14.2 Å². The Bertz CT molecular complexity index is 2030. The van der Waals surface area contributed by atoms with Crippen molar-refractivity contribution in [3.63, 3.8) is 0 Å². The third-order valence-corrected chi connectivity index (χ3v) is 14.2. The fourth-order valence-corrected chi connectivity index (χ4v) is 11.2. The minimum atomic E-state index is -5.10. The monoisotopic (exact) mass is 790 g/mol. The summed E-state index contributed by atoms with van der Waals surface area (Å²) in [4.78, 5) is 42.2. The smallest absolute Gasteiger partial charge is 0.405 e. The summed E-state index contributed by atoms with van der Waals surface area (Å²) in [7, 11) is -3.02. The van der Waals surface area contributed by atoms with Crippen LogP contribution in [0.15, 0.2) is 102 Å². The Hall–Kier alpha value is -5.11. The zero-order valence-electron chi connectivity index (χ0n) is 31.8. The van der Waals surface area contributed by atoms with Crippen LogP contribution in [-0.2, 0) is 23.4 Å². The second kappa shape index (κ2) is 18.2. The van der Waals surface area contributed by atoms with E-state index in [1.165, 1.54) is 10.8 Å². The first-order chi connectivity index (χ1) is 26.6. The van der Waals surface area contributed by atoms with Gasteiger partial charge in [-0.05, 0) is 41.4 Å². The molecule has 56 heavy (non-hydrogen) atoms. The maximum absolute atomic E-state index is 13.7. The lowest BCUT2D eigenvalue weighted by atomic mass is 10.2. The molecule has 0 spiro atoms. The Labute approximate surface area is 324 Å². The van der Waals surface area contributed by atoms with Crippen LogP contribution < -0.4 is 26.7 Å². The van der Waals surface area contributed by atoms with E-state index in [2.05, 4.69) is 67.2 Å². The van der Waals surface area contributed by atoms with Crippen molar-refractivity contribution in [2.75, 3.05) is 25.1 Å². The molecule has 0 radical (unpaired) electrons. The van der Waals surface area contributed by atoms with Crippen LogP contribution in [0.25, 0.3) is 0 Å². The van der Waals surface area contributed by atoms with E-state index in [4.69, 9.17) is 18.6 Å². The average molecular weight is 791 g/mol. The molecule has 11 nitrogen and oxygen atoms in total. The topological polar surface area (TPSA) is 130 Å². The number of carbonyl (C=O) groups excluding carboxylic acids is 2. The summed E-state index contributed by atoms with van der Waals surface area (Å²) in [5, 5.41) is 6.05. The van der Waals surface area contributed by atoms with Gasteiger partial charge in [0.2, 0.25) is 0 Å². The molecule has 2 N–H and O–H groups in total. The van der Waals surface area contributed by atoms with Crippen molar-refractivity contribution in [2.45, 2.75) is 77.0 Å². The van der Waals surface area contributed by atoms with E-state index in [1.807, 2.05) is 43.3 Å². The summed E-state index contributed by atoms with van der Waals surface area (Å²) >= 11 is 0. The number of amides is 2. The van der Waals surface area contributed by atoms with Crippen molar-refractivity contribution < 1.29 is 41.4 Å². The van der Waals surface area contributed by atoms with E-state index < -0.39 is 63.3 Å². The number of carbonyl (C=O) groups is 2. The zero-order valence-corrected chi connectivity index (χ0v) is 32.8. The quantitative estimate of drug-likeness (QED) is 0.108. The number of ether oxygens (including phenoxy) is 3. The fraction of sp³-hybridized carbons (Fsp3) is 0.366. The van der Waals surface area contributed by atoms with E-state index in [0.717, 1.165) is 10.4 Å². The van der Waals surface area contributed by atoms with Crippen LogP contribution in [0.5, 0.6) is 0 Å². The van der Waals surface area contributed by atoms with Gasteiger partial charge in [0, 0.05) is 24.8 Å². The number of benzene rings is 3. The highest BCUT2D eigenvalue weighted by Gasteiger charge is 2.51. The molecule has 1 unspecified atom stereocenters. The first-order valence-electron chi connectivity index (χ1n) is 18.1. The summed E-state index contributed by atoms with van der Waals surface area (Å²) < 4.78 is 65.3. The normalized spacial score (nSPS) is 17.8. The van der Waals surface area contributed by atoms with Gasteiger partial charge in [0.25, 0.3) is 14.2 Å². The molecular formula is C41H45F3N4O7Si. The Balaban J connectivity index is 1.50. The predicted octanol–water partition coefficient (Wildman–Crippen LogP) is 5.16. The minimum absolute atomic E-state index is 0.00842. The summed E-state index contributed by atoms with van der Waals surface area (Å²) in [6.07, 6.45) is -6.50. The van der Waals surface area contributed by atoms with Gasteiger partial charge in [-0.15, -0.1) is 0 Å². The van der Waals surface area contributed by atoms with Gasteiger partial charge in [-0.2, -0.15) is 18.2 Å². The Morgan fingerprint density at radius 2 is 1.57 bits per heavy atom. The lowest BCUT2D eigenvalue weighted by Crippen LogP contribution is -2.67. The highest BCUT2D eigenvalue weighted by atomic mass is 28.4.